The van der Waals surface area contributed by atoms with Crippen LogP contribution in [0.5, 0.6) is 0 Å². The third-order valence-electron chi connectivity index (χ3n) is 3.90. The first kappa shape index (κ1) is 20.6. The number of anilines is 1. The smallest absolute Gasteiger partial charge is 0.417 e. The molecular formula is C17H23ClF3N3O2. The Morgan fingerprint density at radius 2 is 2.12 bits per heavy atom. The van der Waals surface area contributed by atoms with Crippen molar-refractivity contribution in [3.8, 4) is 0 Å². The Balaban J connectivity index is 1.92. The fraction of sp³-hybridized carbons (Fsp3) is 0.647. The van der Waals surface area contributed by atoms with Crippen LogP contribution in [0.3, 0.4) is 0 Å². The van der Waals surface area contributed by atoms with Gasteiger partial charge in [-0.3, -0.25) is 0 Å². The number of rotatable bonds is 3. The summed E-state index contributed by atoms with van der Waals surface area (Å²) in [5, 5.41) is 2.90. The van der Waals surface area contributed by atoms with Crippen LogP contribution in [0.1, 0.15) is 39.2 Å². The zero-order valence-corrected chi connectivity index (χ0v) is 15.7. The van der Waals surface area contributed by atoms with Crippen molar-refractivity contribution in [3.63, 3.8) is 0 Å². The number of halogens is 4. The molecule has 2 rings (SSSR count). The van der Waals surface area contributed by atoms with Gasteiger partial charge in [0.1, 0.15) is 11.4 Å². The number of alkyl halides is 3. The van der Waals surface area contributed by atoms with E-state index in [0.29, 0.717) is 19.6 Å². The number of ether oxygens (including phenoxy) is 1. The molecule has 1 fully saturated rings. The number of hydrogen-bond acceptors (Lipinski definition) is 4. The molecule has 1 aromatic rings. The predicted molar refractivity (Wildman–Crippen MR) is 93.3 cm³/mol. The number of piperidine rings is 1. The molecule has 2 heterocycles. The molecule has 146 valence electrons. The maximum Gasteiger partial charge on any atom is 0.417 e. The Hall–Kier alpha value is -1.70. The topological polar surface area (TPSA) is 54.5 Å². The number of aromatic nitrogens is 1. The van der Waals surface area contributed by atoms with Crippen molar-refractivity contribution >= 4 is 23.5 Å². The van der Waals surface area contributed by atoms with Crippen molar-refractivity contribution in [2.75, 3.05) is 25.0 Å². The number of nitrogens with one attached hydrogen (secondary N) is 1. The Morgan fingerprint density at radius 1 is 1.42 bits per heavy atom. The molecular weight excluding hydrogens is 371 g/mol. The summed E-state index contributed by atoms with van der Waals surface area (Å²) in [5.41, 5.74) is -1.44. The molecule has 1 saturated heterocycles. The maximum atomic E-state index is 12.6. The van der Waals surface area contributed by atoms with Crippen molar-refractivity contribution in [2.24, 2.45) is 5.92 Å². The molecule has 0 radical (unpaired) electrons. The second-order valence-electron chi connectivity index (χ2n) is 7.37. The lowest BCUT2D eigenvalue weighted by atomic mass is 9.98. The van der Waals surface area contributed by atoms with Crippen molar-refractivity contribution in [2.45, 2.75) is 45.4 Å². The Labute approximate surface area is 155 Å². The van der Waals surface area contributed by atoms with Gasteiger partial charge >= 0.3 is 12.3 Å². The van der Waals surface area contributed by atoms with E-state index in [4.69, 9.17) is 16.3 Å². The lowest BCUT2D eigenvalue weighted by molar-refractivity contribution is -0.137. The largest absolute Gasteiger partial charge is 0.444 e. The standard InChI is InChI=1S/C17H23ClF3N3O2/c1-16(2,3)26-15(25)24-6-4-5-11(10-24)8-22-14-13(18)7-12(9-23-14)17(19,20)21/h7,9,11H,4-6,8,10H2,1-3H3,(H,22,23). The molecule has 26 heavy (non-hydrogen) atoms. The van der Waals surface area contributed by atoms with E-state index in [1.165, 1.54) is 0 Å². The highest BCUT2D eigenvalue weighted by Crippen LogP contribution is 2.32. The van der Waals surface area contributed by atoms with Gasteiger partial charge in [-0.05, 0) is 45.6 Å². The molecule has 1 aliphatic rings. The summed E-state index contributed by atoms with van der Waals surface area (Å²) in [7, 11) is 0. The summed E-state index contributed by atoms with van der Waals surface area (Å²) < 4.78 is 43.3. The summed E-state index contributed by atoms with van der Waals surface area (Å²) in [6, 6.07) is 0.852. The van der Waals surface area contributed by atoms with Crippen LogP contribution in [0.15, 0.2) is 12.3 Å². The number of likely N-dealkylation sites (tertiary alicyclic amines) is 1. The van der Waals surface area contributed by atoms with Gasteiger partial charge in [0.25, 0.3) is 0 Å². The molecule has 1 atom stereocenters. The minimum absolute atomic E-state index is 0.0837. The van der Waals surface area contributed by atoms with E-state index in [9.17, 15) is 18.0 Å². The number of carbonyl (C=O) groups is 1. The zero-order chi connectivity index (χ0) is 19.5. The van der Waals surface area contributed by atoms with Crippen LogP contribution in [-0.4, -0.2) is 41.2 Å². The first-order valence-electron chi connectivity index (χ1n) is 8.40. The minimum atomic E-state index is -4.48. The first-order chi connectivity index (χ1) is 12.0. The molecule has 1 aromatic heterocycles. The molecule has 9 heteroatoms. The number of amides is 1. The van der Waals surface area contributed by atoms with Gasteiger partial charge in [0, 0.05) is 25.8 Å². The van der Waals surface area contributed by atoms with E-state index in [1.54, 1.807) is 4.90 Å². The van der Waals surface area contributed by atoms with E-state index >= 15 is 0 Å². The minimum Gasteiger partial charge on any atom is -0.444 e. The normalized spacial score (nSPS) is 18.6. The summed E-state index contributed by atoms with van der Waals surface area (Å²) in [5.74, 6) is 0.338. The van der Waals surface area contributed by atoms with Crippen LogP contribution < -0.4 is 5.32 Å². The molecule has 0 aliphatic carbocycles. The van der Waals surface area contributed by atoms with Crippen LogP contribution in [0.4, 0.5) is 23.8 Å². The van der Waals surface area contributed by atoms with Crippen molar-refractivity contribution in [3.05, 3.63) is 22.8 Å². The van der Waals surface area contributed by atoms with Gasteiger partial charge in [0.05, 0.1) is 10.6 Å². The highest BCUT2D eigenvalue weighted by molar-refractivity contribution is 6.32. The molecule has 0 spiro atoms. The second-order valence-corrected chi connectivity index (χ2v) is 7.77. The molecule has 1 unspecified atom stereocenters. The molecule has 0 aromatic carbocycles. The van der Waals surface area contributed by atoms with E-state index in [1.807, 2.05) is 20.8 Å². The lowest BCUT2D eigenvalue weighted by Crippen LogP contribution is -2.44. The highest BCUT2D eigenvalue weighted by atomic mass is 35.5. The SMILES string of the molecule is CC(C)(C)OC(=O)N1CCCC(CNc2ncc(C(F)(F)F)cc2Cl)C1. The van der Waals surface area contributed by atoms with Crippen LogP contribution >= 0.6 is 11.6 Å². The average molecular weight is 394 g/mol. The average Bonchev–Trinajstić information content (AvgIpc) is 2.51. The van der Waals surface area contributed by atoms with E-state index in [0.717, 1.165) is 25.1 Å². The monoisotopic (exact) mass is 393 g/mol. The zero-order valence-electron chi connectivity index (χ0n) is 15.0. The first-order valence-corrected chi connectivity index (χ1v) is 8.78. The quantitative estimate of drug-likeness (QED) is 0.800. The van der Waals surface area contributed by atoms with Gasteiger partial charge in [-0.1, -0.05) is 11.6 Å². The molecule has 1 amide bonds. The van der Waals surface area contributed by atoms with Crippen molar-refractivity contribution in [1.29, 1.82) is 0 Å². The van der Waals surface area contributed by atoms with Crippen LogP contribution in [0, 0.1) is 5.92 Å². The molecule has 0 saturated carbocycles. The van der Waals surface area contributed by atoms with Crippen molar-refractivity contribution in [1.82, 2.24) is 9.88 Å². The maximum absolute atomic E-state index is 12.6. The third kappa shape index (κ3) is 5.93. The molecule has 5 nitrogen and oxygen atoms in total. The van der Waals surface area contributed by atoms with Gasteiger partial charge in [-0.2, -0.15) is 13.2 Å². The van der Waals surface area contributed by atoms with Crippen molar-refractivity contribution < 1.29 is 22.7 Å². The number of hydrogen-bond donors (Lipinski definition) is 1. The number of carbonyl (C=O) groups excluding carboxylic acids is 1. The van der Waals surface area contributed by atoms with Crippen LogP contribution in [-0.2, 0) is 10.9 Å². The Bertz CT molecular complexity index is 647. The number of nitrogens with zero attached hydrogens (tertiary/aromatic N) is 2. The lowest BCUT2D eigenvalue weighted by Gasteiger charge is -2.34. The second kappa shape index (κ2) is 7.90. The highest BCUT2D eigenvalue weighted by Gasteiger charge is 2.32. The van der Waals surface area contributed by atoms with Crippen LogP contribution in [0.2, 0.25) is 5.02 Å². The fourth-order valence-electron chi connectivity index (χ4n) is 2.69. The van der Waals surface area contributed by atoms with Gasteiger partial charge in [0.15, 0.2) is 0 Å². The van der Waals surface area contributed by atoms with Gasteiger partial charge in [0.2, 0.25) is 0 Å². The summed E-state index contributed by atoms with van der Waals surface area (Å²) in [6.45, 7) is 7.03. The molecule has 0 bridgehead atoms. The van der Waals surface area contributed by atoms with E-state index in [2.05, 4.69) is 10.3 Å². The van der Waals surface area contributed by atoms with Crippen LogP contribution in [0.25, 0.3) is 0 Å². The Morgan fingerprint density at radius 3 is 2.69 bits per heavy atom. The summed E-state index contributed by atoms with van der Waals surface area (Å²) >= 11 is 5.90. The van der Waals surface area contributed by atoms with E-state index in [-0.39, 0.29) is 22.9 Å². The van der Waals surface area contributed by atoms with E-state index < -0.39 is 17.3 Å². The fourth-order valence-corrected chi connectivity index (χ4v) is 2.92. The van der Waals surface area contributed by atoms with Gasteiger partial charge in [-0.25, -0.2) is 9.78 Å². The van der Waals surface area contributed by atoms with Gasteiger partial charge in [-0.15, -0.1) is 0 Å². The predicted octanol–water partition coefficient (Wildman–Crippen LogP) is 4.81. The van der Waals surface area contributed by atoms with Gasteiger partial charge < -0.3 is 15.0 Å². The summed E-state index contributed by atoms with van der Waals surface area (Å²) in [6.07, 6.45) is -2.35. The summed E-state index contributed by atoms with van der Waals surface area (Å²) in [4.78, 5) is 17.6. The Kier molecular flexibility index (Phi) is 6.26. The molecule has 1 aliphatic heterocycles. The third-order valence-corrected chi connectivity index (χ3v) is 4.19. The molecule has 1 N–H and O–H groups in total. The number of pyridine rings is 1.